The van der Waals surface area contributed by atoms with E-state index >= 15 is 0 Å². The molecule has 0 saturated heterocycles. The Morgan fingerprint density at radius 1 is 1.00 bits per heavy atom. The Morgan fingerprint density at radius 3 is 2.43 bits per heavy atom. The Hall–Kier alpha value is -2.07. The molecule has 2 N–H and O–H groups in total. The molecule has 1 aliphatic heterocycles. The zero-order valence-corrected chi connectivity index (χ0v) is 14.3. The Morgan fingerprint density at radius 2 is 1.70 bits per heavy atom. The third kappa shape index (κ3) is 3.82. The second-order valence-electron chi connectivity index (χ2n) is 5.94. The first-order valence-corrected chi connectivity index (χ1v) is 8.42. The van der Waals surface area contributed by atoms with Gasteiger partial charge in [0.05, 0.1) is 18.7 Å². The summed E-state index contributed by atoms with van der Waals surface area (Å²) in [5, 5.41) is 7.38. The van der Waals surface area contributed by atoms with Crippen LogP contribution in [0.3, 0.4) is 0 Å². The fraction of sp³-hybridized carbons (Fsp3) is 0.316. The van der Waals surface area contributed by atoms with Crippen molar-refractivity contribution in [3.63, 3.8) is 0 Å². The molecule has 0 radical (unpaired) electrons. The van der Waals surface area contributed by atoms with E-state index in [1.54, 1.807) is 0 Å². The molecule has 0 unspecified atom stereocenters. The second-order valence-corrected chi connectivity index (χ2v) is 6.35. The van der Waals surface area contributed by atoms with Crippen LogP contribution in [0.1, 0.15) is 42.6 Å². The van der Waals surface area contributed by atoms with Crippen molar-refractivity contribution in [1.29, 1.82) is 0 Å². The van der Waals surface area contributed by atoms with E-state index in [4.69, 9.17) is 17.0 Å². The largest absolute Gasteiger partial charge is 0.493 e. The van der Waals surface area contributed by atoms with E-state index in [0.29, 0.717) is 5.11 Å². The number of rotatable bonds is 4. The number of nitrogens with one attached hydrogen (secondary N) is 2. The lowest BCUT2D eigenvalue weighted by Crippen LogP contribution is -2.38. The minimum atomic E-state index is 0.156. The average molecular weight is 326 g/mol. The van der Waals surface area contributed by atoms with Crippen molar-refractivity contribution in [3.8, 4) is 5.75 Å². The SMILES string of the molecule is C[C@@H](NC(=S)N[C@H](C)c1ccc2c(c1)CCO2)c1ccccc1. The molecule has 0 bridgehead atoms. The first kappa shape index (κ1) is 15.8. The van der Waals surface area contributed by atoms with Gasteiger partial charge in [-0.25, -0.2) is 0 Å². The van der Waals surface area contributed by atoms with Gasteiger partial charge in [-0.15, -0.1) is 0 Å². The Balaban J connectivity index is 1.59. The van der Waals surface area contributed by atoms with Gasteiger partial charge in [-0.05, 0) is 54.9 Å². The predicted molar refractivity (Wildman–Crippen MR) is 97.8 cm³/mol. The van der Waals surface area contributed by atoms with E-state index < -0.39 is 0 Å². The molecule has 2 aromatic carbocycles. The van der Waals surface area contributed by atoms with Crippen molar-refractivity contribution in [2.24, 2.45) is 0 Å². The summed E-state index contributed by atoms with van der Waals surface area (Å²) in [5.41, 5.74) is 3.73. The molecule has 0 spiro atoms. The van der Waals surface area contributed by atoms with Crippen LogP contribution in [-0.4, -0.2) is 11.7 Å². The number of hydrogen-bond acceptors (Lipinski definition) is 2. The molecule has 4 heteroatoms. The number of benzene rings is 2. The number of thiocarbonyl (C=S) groups is 1. The maximum Gasteiger partial charge on any atom is 0.167 e. The minimum Gasteiger partial charge on any atom is -0.493 e. The van der Waals surface area contributed by atoms with E-state index in [9.17, 15) is 0 Å². The zero-order valence-electron chi connectivity index (χ0n) is 13.5. The highest BCUT2D eigenvalue weighted by Gasteiger charge is 2.15. The van der Waals surface area contributed by atoms with E-state index in [-0.39, 0.29) is 12.1 Å². The first-order chi connectivity index (χ1) is 11.1. The van der Waals surface area contributed by atoms with Crippen LogP contribution in [0.15, 0.2) is 48.5 Å². The topological polar surface area (TPSA) is 33.3 Å². The second kappa shape index (κ2) is 7.01. The molecule has 2 aromatic rings. The summed E-state index contributed by atoms with van der Waals surface area (Å²) in [5.74, 6) is 1.01. The highest BCUT2D eigenvalue weighted by molar-refractivity contribution is 7.80. The molecule has 0 saturated carbocycles. The normalized spacial score (nSPS) is 15.2. The van der Waals surface area contributed by atoms with Crippen molar-refractivity contribution in [1.82, 2.24) is 10.6 Å². The number of ether oxygens (including phenoxy) is 1. The highest BCUT2D eigenvalue weighted by Crippen LogP contribution is 2.28. The average Bonchev–Trinajstić information content (AvgIpc) is 3.03. The van der Waals surface area contributed by atoms with Crippen LogP contribution in [0.25, 0.3) is 0 Å². The maximum absolute atomic E-state index is 5.56. The molecule has 3 rings (SSSR count). The van der Waals surface area contributed by atoms with Crippen LogP contribution < -0.4 is 15.4 Å². The van der Waals surface area contributed by atoms with Gasteiger partial charge in [-0.1, -0.05) is 36.4 Å². The quantitative estimate of drug-likeness (QED) is 0.835. The van der Waals surface area contributed by atoms with Gasteiger partial charge in [0.15, 0.2) is 5.11 Å². The van der Waals surface area contributed by atoms with Gasteiger partial charge in [-0.2, -0.15) is 0 Å². The zero-order chi connectivity index (χ0) is 16.2. The molecule has 0 amide bonds. The van der Waals surface area contributed by atoms with Gasteiger partial charge >= 0.3 is 0 Å². The number of hydrogen-bond donors (Lipinski definition) is 2. The smallest absolute Gasteiger partial charge is 0.167 e. The van der Waals surface area contributed by atoms with Crippen LogP contribution in [0.4, 0.5) is 0 Å². The highest BCUT2D eigenvalue weighted by atomic mass is 32.1. The van der Waals surface area contributed by atoms with Gasteiger partial charge in [-0.3, -0.25) is 0 Å². The van der Waals surface area contributed by atoms with Crippen LogP contribution in [0.2, 0.25) is 0 Å². The lowest BCUT2D eigenvalue weighted by atomic mass is 10.0. The molecule has 3 nitrogen and oxygen atoms in total. The molecule has 0 aliphatic carbocycles. The summed E-state index contributed by atoms with van der Waals surface area (Å²) >= 11 is 5.46. The van der Waals surface area contributed by atoms with Crippen molar-refractivity contribution >= 4 is 17.3 Å². The first-order valence-electron chi connectivity index (χ1n) is 8.01. The van der Waals surface area contributed by atoms with Gasteiger partial charge in [0, 0.05) is 6.42 Å². The minimum absolute atomic E-state index is 0.156. The molecule has 2 atom stereocenters. The lowest BCUT2D eigenvalue weighted by Gasteiger charge is -2.21. The van der Waals surface area contributed by atoms with E-state index in [1.165, 1.54) is 16.7 Å². The summed E-state index contributed by atoms with van der Waals surface area (Å²) < 4.78 is 5.56. The fourth-order valence-corrected chi connectivity index (χ4v) is 3.17. The Labute approximate surface area is 143 Å². The van der Waals surface area contributed by atoms with Crippen molar-refractivity contribution in [2.75, 3.05) is 6.61 Å². The van der Waals surface area contributed by atoms with Crippen LogP contribution in [0.5, 0.6) is 5.75 Å². The summed E-state index contributed by atoms with van der Waals surface area (Å²) in [6, 6.07) is 17.0. The molecule has 120 valence electrons. The van der Waals surface area contributed by atoms with Gasteiger partial charge in [0.1, 0.15) is 5.75 Å². The van der Waals surface area contributed by atoms with Crippen molar-refractivity contribution in [2.45, 2.75) is 32.4 Å². The van der Waals surface area contributed by atoms with Crippen LogP contribution in [-0.2, 0) is 6.42 Å². The summed E-state index contributed by atoms with van der Waals surface area (Å²) in [6.45, 7) is 5.02. The van der Waals surface area contributed by atoms with Gasteiger partial charge in [0.2, 0.25) is 0 Å². The maximum atomic E-state index is 5.56. The van der Waals surface area contributed by atoms with Gasteiger partial charge in [0.25, 0.3) is 0 Å². The molecule has 1 heterocycles. The van der Waals surface area contributed by atoms with Crippen LogP contribution >= 0.6 is 12.2 Å². The molecular formula is C19H22N2OS. The monoisotopic (exact) mass is 326 g/mol. The van der Waals surface area contributed by atoms with E-state index in [1.807, 2.05) is 18.2 Å². The standard InChI is InChI=1S/C19H22N2OS/c1-13(15-6-4-3-5-7-15)20-19(23)21-14(2)16-8-9-18-17(12-16)10-11-22-18/h3-9,12-14H,10-11H2,1-2H3,(H2,20,21,23)/t13-,14-/m1/s1. The van der Waals surface area contributed by atoms with E-state index in [2.05, 4.69) is 54.8 Å². The summed E-state index contributed by atoms with van der Waals surface area (Å²) in [7, 11) is 0. The van der Waals surface area contributed by atoms with Crippen molar-refractivity contribution < 1.29 is 4.74 Å². The van der Waals surface area contributed by atoms with E-state index in [0.717, 1.165) is 18.8 Å². The molecule has 0 fully saturated rings. The Bertz CT molecular complexity index is 687. The summed E-state index contributed by atoms with van der Waals surface area (Å²) in [6.07, 6.45) is 0.990. The van der Waals surface area contributed by atoms with Crippen molar-refractivity contribution in [3.05, 3.63) is 65.2 Å². The third-order valence-electron chi connectivity index (χ3n) is 4.21. The lowest BCUT2D eigenvalue weighted by molar-refractivity contribution is 0.357. The number of fused-ring (bicyclic) bond motifs is 1. The molecular weight excluding hydrogens is 304 g/mol. The fourth-order valence-electron chi connectivity index (χ4n) is 2.82. The third-order valence-corrected chi connectivity index (χ3v) is 4.44. The molecule has 23 heavy (non-hydrogen) atoms. The molecule has 1 aliphatic rings. The van der Waals surface area contributed by atoms with Crippen LogP contribution in [0, 0.1) is 0 Å². The predicted octanol–water partition coefficient (Wildman–Crippen LogP) is 3.91. The summed E-state index contributed by atoms with van der Waals surface area (Å²) in [4.78, 5) is 0. The van der Waals surface area contributed by atoms with Gasteiger partial charge < -0.3 is 15.4 Å². The Kier molecular flexibility index (Phi) is 4.82. The molecule has 0 aromatic heterocycles.